The number of aromatic nitrogens is 2. The summed E-state index contributed by atoms with van der Waals surface area (Å²) in [5, 5.41) is 13.8. The Hall–Kier alpha value is -1.90. The number of likely N-dealkylation sites (tertiary alicyclic amines) is 1. The summed E-state index contributed by atoms with van der Waals surface area (Å²) in [5.41, 5.74) is 0.876. The molecule has 1 N–H and O–H groups in total. The zero-order valence-electron chi connectivity index (χ0n) is 13.5. The number of hydrogen-bond donors (Lipinski definition) is 1. The molecule has 2 fully saturated rings. The van der Waals surface area contributed by atoms with Crippen LogP contribution in [0.2, 0.25) is 5.15 Å². The van der Waals surface area contributed by atoms with Crippen molar-refractivity contribution >= 4 is 28.3 Å². The van der Waals surface area contributed by atoms with Crippen molar-refractivity contribution in [2.24, 2.45) is 11.8 Å². The summed E-state index contributed by atoms with van der Waals surface area (Å²) in [5.74, 6) is 2.30. The predicted molar refractivity (Wildman–Crippen MR) is 94.8 cm³/mol. The van der Waals surface area contributed by atoms with Gasteiger partial charge >= 0.3 is 0 Å². The van der Waals surface area contributed by atoms with E-state index < -0.39 is 0 Å². The summed E-state index contributed by atoms with van der Waals surface area (Å²) in [7, 11) is 0. The highest BCUT2D eigenvalue weighted by Crippen LogP contribution is 2.39. The monoisotopic (exact) mass is 341 g/mol. The standard InChI is InChI=1S/C18H20ClN5/c19-17-9-16-15(3-1-5-21-16)18(23-17)22-14-7-12-10-24(6-2-4-20)11-13(12)8-14/h1,3,5,9,12-14H,2,6-8,10-11H2,(H,22,23)/t12-,13+,14-. The maximum atomic E-state index is 8.74. The molecule has 0 amide bonds. The van der Waals surface area contributed by atoms with Gasteiger partial charge in [0.05, 0.1) is 11.6 Å². The van der Waals surface area contributed by atoms with Gasteiger partial charge in [0.15, 0.2) is 0 Å². The molecule has 0 radical (unpaired) electrons. The van der Waals surface area contributed by atoms with Gasteiger partial charge in [0, 0.05) is 49.7 Å². The number of nitrogens with one attached hydrogen (secondary N) is 1. The van der Waals surface area contributed by atoms with Crippen LogP contribution < -0.4 is 5.32 Å². The molecule has 2 aliphatic rings. The van der Waals surface area contributed by atoms with Crippen LogP contribution in [-0.2, 0) is 0 Å². The summed E-state index contributed by atoms with van der Waals surface area (Å²) in [6.07, 6.45) is 4.72. The van der Waals surface area contributed by atoms with Crippen LogP contribution >= 0.6 is 11.6 Å². The normalized spacial score (nSPS) is 26.4. The van der Waals surface area contributed by atoms with Crippen molar-refractivity contribution < 1.29 is 0 Å². The van der Waals surface area contributed by atoms with Gasteiger partial charge in [0.25, 0.3) is 0 Å². The fourth-order valence-corrected chi connectivity index (χ4v) is 4.44. The highest BCUT2D eigenvalue weighted by molar-refractivity contribution is 6.30. The second-order valence-corrected chi connectivity index (χ2v) is 7.25. The van der Waals surface area contributed by atoms with Crippen LogP contribution in [0.4, 0.5) is 5.82 Å². The van der Waals surface area contributed by atoms with E-state index in [-0.39, 0.29) is 0 Å². The van der Waals surface area contributed by atoms with Crippen LogP contribution in [0.25, 0.3) is 10.9 Å². The fourth-order valence-electron chi connectivity index (χ4n) is 4.25. The van der Waals surface area contributed by atoms with Gasteiger partial charge in [0.2, 0.25) is 0 Å². The molecular weight excluding hydrogens is 322 g/mol. The molecule has 0 unspecified atom stereocenters. The highest BCUT2D eigenvalue weighted by atomic mass is 35.5. The summed E-state index contributed by atoms with van der Waals surface area (Å²) >= 11 is 6.15. The molecule has 124 valence electrons. The minimum Gasteiger partial charge on any atom is -0.367 e. The molecule has 1 saturated heterocycles. The average molecular weight is 342 g/mol. The minimum absolute atomic E-state index is 0.437. The van der Waals surface area contributed by atoms with Gasteiger partial charge in [-0.05, 0) is 36.8 Å². The molecule has 3 heterocycles. The third-order valence-corrected chi connectivity index (χ3v) is 5.47. The van der Waals surface area contributed by atoms with Gasteiger partial charge in [-0.15, -0.1) is 0 Å². The molecule has 5 nitrogen and oxygen atoms in total. The zero-order valence-corrected chi connectivity index (χ0v) is 14.2. The molecule has 0 bridgehead atoms. The van der Waals surface area contributed by atoms with E-state index in [4.69, 9.17) is 16.9 Å². The second kappa shape index (κ2) is 6.54. The molecule has 1 aliphatic heterocycles. The third-order valence-electron chi connectivity index (χ3n) is 5.28. The maximum absolute atomic E-state index is 8.74. The Kier molecular flexibility index (Phi) is 4.26. The van der Waals surface area contributed by atoms with Crippen LogP contribution in [0, 0.1) is 23.2 Å². The van der Waals surface area contributed by atoms with Gasteiger partial charge in [-0.3, -0.25) is 4.98 Å². The molecule has 0 spiro atoms. The molecule has 0 aromatic carbocycles. The van der Waals surface area contributed by atoms with Crippen molar-refractivity contribution in [2.75, 3.05) is 25.0 Å². The Morgan fingerprint density at radius 3 is 2.88 bits per heavy atom. The predicted octanol–water partition coefficient (Wildman–Crippen LogP) is 3.32. The van der Waals surface area contributed by atoms with E-state index in [1.807, 2.05) is 12.1 Å². The Morgan fingerprint density at radius 1 is 1.33 bits per heavy atom. The van der Waals surface area contributed by atoms with Crippen LogP contribution in [0.1, 0.15) is 19.3 Å². The molecule has 3 atom stereocenters. The lowest BCUT2D eigenvalue weighted by Gasteiger charge is -2.19. The van der Waals surface area contributed by atoms with E-state index in [1.165, 1.54) is 0 Å². The average Bonchev–Trinajstić information content (AvgIpc) is 3.10. The van der Waals surface area contributed by atoms with Gasteiger partial charge in [-0.2, -0.15) is 5.26 Å². The van der Waals surface area contributed by atoms with Crippen molar-refractivity contribution in [1.29, 1.82) is 5.26 Å². The Bertz CT molecular complexity index is 773. The van der Waals surface area contributed by atoms with Gasteiger partial charge in [0.1, 0.15) is 11.0 Å². The topological polar surface area (TPSA) is 64.8 Å². The molecule has 1 aliphatic carbocycles. The van der Waals surface area contributed by atoms with Crippen molar-refractivity contribution in [3.05, 3.63) is 29.5 Å². The number of hydrogen-bond acceptors (Lipinski definition) is 5. The number of halogens is 1. The third kappa shape index (κ3) is 3.04. The largest absolute Gasteiger partial charge is 0.367 e. The number of nitrogens with zero attached hydrogens (tertiary/aromatic N) is 4. The maximum Gasteiger partial charge on any atom is 0.137 e. The van der Waals surface area contributed by atoms with E-state index >= 15 is 0 Å². The molecule has 6 heteroatoms. The number of nitriles is 1. The second-order valence-electron chi connectivity index (χ2n) is 6.86. The van der Waals surface area contributed by atoms with Crippen molar-refractivity contribution in [3.63, 3.8) is 0 Å². The van der Waals surface area contributed by atoms with Gasteiger partial charge in [-0.25, -0.2) is 4.98 Å². The summed E-state index contributed by atoms with van der Waals surface area (Å²) in [6, 6.07) is 8.45. The first-order valence-corrected chi connectivity index (χ1v) is 8.88. The zero-order chi connectivity index (χ0) is 16.5. The van der Waals surface area contributed by atoms with Crippen molar-refractivity contribution in [2.45, 2.75) is 25.3 Å². The summed E-state index contributed by atoms with van der Waals surface area (Å²) in [6.45, 7) is 3.15. The minimum atomic E-state index is 0.437. The van der Waals surface area contributed by atoms with Crippen molar-refractivity contribution in [1.82, 2.24) is 14.9 Å². The molecule has 4 rings (SSSR count). The van der Waals surface area contributed by atoms with Crippen LogP contribution in [0.5, 0.6) is 0 Å². The van der Waals surface area contributed by atoms with E-state index in [0.717, 1.165) is 61.0 Å². The first kappa shape index (κ1) is 15.6. The lowest BCUT2D eigenvalue weighted by Crippen LogP contribution is -2.26. The van der Waals surface area contributed by atoms with Crippen LogP contribution in [0.3, 0.4) is 0 Å². The van der Waals surface area contributed by atoms with E-state index in [1.54, 1.807) is 12.3 Å². The van der Waals surface area contributed by atoms with Gasteiger partial charge < -0.3 is 10.2 Å². The quantitative estimate of drug-likeness (QED) is 0.864. The Labute approximate surface area is 146 Å². The highest BCUT2D eigenvalue weighted by Gasteiger charge is 2.40. The summed E-state index contributed by atoms with van der Waals surface area (Å²) in [4.78, 5) is 11.3. The summed E-state index contributed by atoms with van der Waals surface area (Å²) < 4.78 is 0. The lowest BCUT2D eigenvalue weighted by atomic mass is 10.0. The molecule has 2 aromatic heterocycles. The number of anilines is 1. The molecule has 24 heavy (non-hydrogen) atoms. The first-order valence-electron chi connectivity index (χ1n) is 8.50. The SMILES string of the molecule is N#CCCN1C[C@H]2C[C@@H](Nc3nc(Cl)cc4ncccc34)C[C@H]2C1. The van der Waals surface area contributed by atoms with Crippen LogP contribution in [-0.4, -0.2) is 40.5 Å². The number of fused-ring (bicyclic) bond motifs is 2. The lowest BCUT2D eigenvalue weighted by molar-refractivity contribution is 0.316. The smallest absolute Gasteiger partial charge is 0.137 e. The van der Waals surface area contributed by atoms with E-state index in [2.05, 4.69) is 26.3 Å². The van der Waals surface area contributed by atoms with E-state index in [0.29, 0.717) is 17.6 Å². The first-order chi connectivity index (χ1) is 11.7. The Balaban J connectivity index is 1.45. The Morgan fingerprint density at radius 2 is 2.12 bits per heavy atom. The molecule has 2 aromatic rings. The molecule has 1 saturated carbocycles. The van der Waals surface area contributed by atoms with Crippen LogP contribution in [0.15, 0.2) is 24.4 Å². The van der Waals surface area contributed by atoms with Crippen molar-refractivity contribution in [3.8, 4) is 6.07 Å². The fraction of sp³-hybridized carbons (Fsp3) is 0.500. The molecular formula is C18H20ClN5. The van der Waals surface area contributed by atoms with E-state index in [9.17, 15) is 0 Å². The number of pyridine rings is 2. The van der Waals surface area contributed by atoms with Gasteiger partial charge in [-0.1, -0.05) is 11.6 Å². The number of rotatable bonds is 4.